The summed E-state index contributed by atoms with van der Waals surface area (Å²) >= 11 is 0. The molecule has 20 nitrogen and oxygen atoms in total. The number of aliphatic hydroxyl groups is 7. The summed E-state index contributed by atoms with van der Waals surface area (Å²) in [6.07, 6.45) is 3.28. The number of hydrogen-bond acceptors (Lipinski definition) is 17. The lowest BCUT2D eigenvalue weighted by Crippen LogP contribution is -2.58. The van der Waals surface area contributed by atoms with Gasteiger partial charge in [0.05, 0.1) is 24.9 Å². The molecule has 13 atom stereocenters. The van der Waals surface area contributed by atoms with E-state index in [1.165, 1.54) is 76.7 Å². The summed E-state index contributed by atoms with van der Waals surface area (Å²) in [6, 6.07) is 0. The molecule has 0 aromatic rings. The lowest BCUT2D eigenvalue weighted by atomic mass is 9.83. The molecule has 2 heterocycles. The number of ether oxygens (including phenoxy) is 3. The van der Waals surface area contributed by atoms with Crippen LogP contribution < -0.4 is 0 Å². The number of unbranched alkanes of at least 4 members (excludes halogenated alkanes) is 18. The van der Waals surface area contributed by atoms with Crippen LogP contribution in [0.25, 0.3) is 0 Å². The molecule has 2 rings (SSSR count). The van der Waals surface area contributed by atoms with E-state index in [4.69, 9.17) is 27.8 Å². The van der Waals surface area contributed by atoms with Crippen LogP contribution in [0.15, 0.2) is 24.3 Å². The van der Waals surface area contributed by atoms with Crippen molar-refractivity contribution in [1.29, 1.82) is 0 Å². The van der Waals surface area contributed by atoms with Crippen molar-refractivity contribution >= 4 is 27.6 Å². The molecule has 0 saturated carbocycles. The van der Waals surface area contributed by atoms with E-state index in [9.17, 15) is 69.1 Å². The lowest BCUT2D eigenvalue weighted by molar-refractivity contribution is -0.210. The van der Waals surface area contributed by atoms with Crippen LogP contribution in [0.1, 0.15) is 187 Å². The molecule has 2 aliphatic heterocycles. The second kappa shape index (κ2) is 37.1. The Balaban J connectivity index is 2.28. The molecule has 0 aliphatic carbocycles. The van der Waals surface area contributed by atoms with Crippen LogP contribution in [-0.2, 0) is 46.5 Å². The smallest absolute Gasteiger partial charge is 0.462 e. The normalized spacial score (nSPS) is 30.8. The Kier molecular flexibility index (Phi) is 34.2. The summed E-state index contributed by atoms with van der Waals surface area (Å²) in [5, 5.41) is 79.1. The molecule has 0 aromatic carbocycles. The number of esters is 2. The van der Waals surface area contributed by atoms with E-state index < -0.39 is 120 Å². The van der Waals surface area contributed by atoms with E-state index in [0.717, 1.165) is 57.1 Å². The van der Waals surface area contributed by atoms with Gasteiger partial charge in [-0.2, -0.15) is 0 Å². The Morgan fingerprint density at radius 3 is 1.93 bits per heavy atom. The third kappa shape index (κ3) is 29.3. The first-order chi connectivity index (χ1) is 33.8. The minimum atomic E-state index is -5.80. The first kappa shape index (κ1) is 65.4. The number of carbonyl (C=O) groups excluding carboxylic acids is 2. The SMILES string of the molecule is CCCCCCCCCCCCCCCCCCCC(=O)O[C@@H]1COC(=O)CCCC=CC[C@@H]2[C@@H](O)[C@H](O)[C@@H](O)[C@H](OP(=O)(O)OC1)[C@H](OP(=O)(O)O)[C@H](O)[C@@H](/C=C/[C@@H](O)CCCCC)OC(O)C[C@@H]2O. The van der Waals surface area contributed by atoms with Crippen molar-refractivity contribution in [2.24, 2.45) is 5.92 Å². The summed E-state index contributed by atoms with van der Waals surface area (Å²) in [7, 11) is -11.5. The second-order valence-corrected chi connectivity index (χ2v) is 21.7. The number of allylic oxidation sites excluding steroid dienone is 2. The van der Waals surface area contributed by atoms with Gasteiger partial charge in [0.2, 0.25) is 0 Å². The van der Waals surface area contributed by atoms with Crippen LogP contribution in [0, 0.1) is 5.92 Å². The molecule has 10 N–H and O–H groups in total. The van der Waals surface area contributed by atoms with Gasteiger partial charge in [-0.25, -0.2) is 9.13 Å². The van der Waals surface area contributed by atoms with Crippen LogP contribution in [0.3, 0.4) is 0 Å². The molecular formula is C49H90O20P2. The minimum Gasteiger partial charge on any atom is -0.462 e. The molecule has 2 aliphatic rings. The van der Waals surface area contributed by atoms with Gasteiger partial charge in [-0.15, -0.1) is 0 Å². The number of fused-ring (bicyclic) bond motifs is 4. The average molecular weight is 1060 g/mol. The van der Waals surface area contributed by atoms with Crippen molar-refractivity contribution < 1.29 is 96.9 Å². The molecule has 416 valence electrons. The molecule has 2 bridgehead atoms. The van der Waals surface area contributed by atoms with Crippen LogP contribution in [0.4, 0.5) is 0 Å². The van der Waals surface area contributed by atoms with Crippen molar-refractivity contribution in [3.63, 3.8) is 0 Å². The highest BCUT2D eigenvalue weighted by molar-refractivity contribution is 7.47. The molecule has 1 saturated heterocycles. The van der Waals surface area contributed by atoms with Gasteiger partial charge in [0.15, 0.2) is 12.4 Å². The molecule has 22 heteroatoms. The standard InChI is InChI=1S/C49H90O20P2/c1-3-5-7-8-9-10-11-12-13-14-15-16-17-18-19-20-26-30-42(53)66-37-34-64-41(52)29-25-22-21-24-28-38-39(51)33-43(54)67-40(32-31-36(50)27-23-6-4-2)45(56)48(68-70(59,60)61)49(47(58)46(57)44(38)55)69-71(62,63)65-35-37/h21,24,31-32,36-40,43-51,54-58H,3-20,22-23,25-30,33-35H2,1-2H3,(H,62,63)(H2,59,60,61)/b24-21?,32-31+/t36-,37+,38-,39-,40+,43?,44+,45+,46-,47+,48+,49-/m0/s1. The fourth-order valence-corrected chi connectivity index (χ4v) is 10.2. The van der Waals surface area contributed by atoms with Crippen molar-refractivity contribution in [3.05, 3.63) is 24.3 Å². The Bertz CT molecular complexity index is 1580. The highest BCUT2D eigenvalue weighted by Gasteiger charge is 2.50. The quantitative estimate of drug-likeness (QED) is 0.0179. The number of phosphoric acid groups is 2. The summed E-state index contributed by atoms with van der Waals surface area (Å²) in [4.78, 5) is 56.9. The predicted octanol–water partition coefficient (Wildman–Crippen LogP) is 6.62. The number of carbonyl (C=O) groups is 2. The average Bonchev–Trinajstić information content (AvgIpc) is 3.31. The maximum atomic E-state index is 13.8. The maximum absolute atomic E-state index is 13.8. The third-order valence-corrected chi connectivity index (χ3v) is 14.3. The molecule has 0 radical (unpaired) electrons. The van der Waals surface area contributed by atoms with Gasteiger partial charge >= 0.3 is 27.6 Å². The second-order valence-electron chi connectivity index (χ2n) is 19.1. The zero-order valence-electron chi connectivity index (χ0n) is 42.2. The fraction of sp³-hybridized carbons (Fsp3) is 0.878. The van der Waals surface area contributed by atoms with Crippen LogP contribution in [0.2, 0.25) is 0 Å². The largest absolute Gasteiger partial charge is 0.472 e. The molecular weight excluding hydrogens is 970 g/mol. The van der Waals surface area contributed by atoms with Crippen LogP contribution >= 0.6 is 15.6 Å². The molecule has 0 aromatic heterocycles. The Morgan fingerprint density at radius 1 is 0.789 bits per heavy atom. The van der Waals surface area contributed by atoms with Crippen molar-refractivity contribution in [2.45, 2.75) is 255 Å². The van der Waals surface area contributed by atoms with Gasteiger partial charge in [0.25, 0.3) is 0 Å². The van der Waals surface area contributed by atoms with Gasteiger partial charge in [-0.3, -0.25) is 23.2 Å². The van der Waals surface area contributed by atoms with Crippen LogP contribution in [0.5, 0.6) is 0 Å². The van der Waals surface area contributed by atoms with Crippen molar-refractivity contribution in [3.8, 4) is 0 Å². The number of phosphoric ester groups is 2. The number of cyclic esters (lactones) is 1. The number of rotatable bonds is 27. The highest BCUT2D eigenvalue weighted by atomic mass is 31.2. The molecule has 1 fully saturated rings. The maximum Gasteiger partial charge on any atom is 0.472 e. The summed E-state index contributed by atoms with van der Waals surface area (Å²) in [5.74, 6) is -2.87. The van der Waals surface area contributed by atoms with Gasteiger partial charge in [-0.05, 0) is 32.1 Å². The van der Waals surface area contributed by atoms with Crippen LogP contribution in [-0.4, -0.2) is 143 Å². The number of hydrogen-bond donors (Lipinski definition) is 10. The minimum absolute atomic E-state index is 0.0335. The number of aliphatic hydroxyl groups excluding tert-OH is 7. The summed E-state index contributed by atoms with van der Waals surface area (Å²) in [6.45, 7) is 2.56. The molecule has 0 spiro atoms. The van der Waals surface area contributed by atoms with E-state index in [2.05, 4.69) is 6.92 Å². The molecule has 71 heavy (non-hydrogen) atoms. The topological polar surface area (TPSA) is 326 Å². The Morgan fingerprint density at radius 2 is 1.35 bits per heavy atom. The van der Waals surface area contributed by atoms with Crippen molar-refractivity contribution in [2.75, 3.05) is 13.2 Å². The predicted molar refractivity (Wildman–Crippen MR) is 263 cm³/mol. The van der Waals surface area contributed by atoms with Gasteiger partial charge in [0, 0.05) is 25.2 Å². The molecule has 2 unspecified atom stereocenters. The van der Waals surface area contributed by atoms with E-state index in [1.54, 1.807) is 6.08 Å². The fourth-order valence-electron chi connectivity index (χ4n) is 8.66. The third-order valence-electron chi connectivity index (χ3n) is 12.8. The summed E-state index contributed by atoms with van der Waals surface area (Å²) < 4.78 is 57.9. The van der Waals surface area contributed by atoms with Gasteiger partial charge in [-0.1, -0.05) is 160 Å². The molecule has 0 amide bonds. The van der Waals surface area contributed by atoms with E-state index >= 15 is 0 Å². The Hall–Kier alpha value is -1.68. The zero-order valence-corrected chi connectivity index (χ0v) is 44.0. The Labute approximate surface area is 421 Å². The van der Waals surface area contributed by atoms with E-state index in [1.807, 2.05) is 6.92 Å². The lowest BCUT2D eigenvalue weighted by Gasteiger charge is -2.41. The first-order valence-corrected chi connectivity index (χ1v) is 29.3. The van der Waals surface area contributed by atoms with Gasteiger partial charge in [0.1, 0.15) is 43.2 Å². The van der Waals surface area contributed by atoms with Crippen molar-refractivity contribution in [1.82, 2.24) is 0 Å². The monoisotopic (exact) mass is 1060 g/mol. The summed E-state index contributed by atoms with van der Waals surface area (Å²) in [5.41, 5.74) is 0. The highest BCUT2D eigenvalue weighted by Crippen LogP contribution is 2.49. The van der Waals surface area contributed by atoms with E-state index in [0.29, 0.717) is 12.8 Å². The van der Waals surface area contributed by atoms with Gasteiger partial charge < -0.3 is 64.6 Å². The zero-order chi connectivity index (χ0) is 52.7. The van der Waals surface area contributed by atoms with E-state index in [-0.39, 0.29) is 38.5 Å². The first-order valence-electron chi connectivity index (χ1n) is 26.3.